The molecule has 0 aliphatic carbocycles. The van der Waals surface area contributed by atoms with Crippen LogP contribution in [0.1, 0.15) is 24.4 Å². The van der Waals surface area contributed by atoms with Crippen molar-refractivity contribution in [2.24, 2.45) is 0 Å². The number of amides is 2. The van der Waals surface area contributed by atoms with E-state index in [2.05, 4.69) is 15.3 Å². The zero-order valence-electron chi connectivity index (χ0n) is 14.3. The molecule has 3 rings (SSSR count). The first-order valence-electron chi connectivity index (χ1n) is 8.30. The second-order valence-electron chi connectivity index (χ2n) is 6.14. The second kappa shape index (κ2) is 7.70. The van der Waals surface area contributed by atoms with Gasteiger partial charge in [0.1, 0.15) is 11.9 Å². The number of hydrogen-bond donors (Lipinski definition) is 1. The van der Waals surface area contributed by atoms with Gasteiger partial charge in [-0.05, 0) is 38.1 Å². The summed E-state index contributed by atoms with van der Waals surface area (Å²) in [5.41, 5.74) is 1.63. The van der Waals surface area contributed by atoms with Crippen molar-refractivity contribution in [3.63, 3.8) is 0 Å². The molecule has 1 aromatic carbocycles. The van der Waals surface area contributed by atoms with E-state index in [4.69, 9.17) is 16.3 Å². The molecule has 1 saturated heterocycles. The van der Waals surface area contributed by atoms with Gasteiger partial charge in [0.2, 0.25) is 5.88 Å². The van der Waals surface area contributed by atoms with E-state index in [1.54, 1.807) is 29.2 Å². The summed E-state index contributed by atoms with van der Waals surface area (Å²) in [5, 5.41) is 3.53. The fourth-order valence-corrected chi connectivity index (χ4v) is 2.95. The maximum atomic E-state index is 12.3. The Bertz CT molecular complexity index is 723. The van der Waals surface area contributed by atoms with Crippen LogP contribution in [0.15, 0.2) is 30.3 Å². The van der Waals surface area contributed by atoms with Crippen molar-refractivity contribution in [2.45, 2.75) is 32.8 Å². The van der Waals surface area contributed by atoms with Crippen LogP contribution in [0.2, 0.25) is 5.02 Å². The smallest absolute Gasteiger partial charge is 0.321 e. The van der Waals surface area contributed by atoms with Crippen LogP contribution in [0.25, 0.3) is 0 Å². The molecule has 1 aromatic heterocycles. The highest BCUT2D eigenvalue weighted by Crippen LogP contribution is 2.19. The number of nitrogens with one attached hydrogen (secondary N) is 1. The number of likely N-dealkylation sites (tertiary alicyclic amines) is 1. The zero-order valence-corrected chi connectivity index (χ0v) is 15.1. The molecule has 1 aliphatic heterocycles. The molecule has 1 aliphatic rings. The second-order valence-corrected chi connectivity index (χ2v) is 6.57. The Hall–Kier alpha value is -2.34. The molecule has 1 N–H and O–H groups in total. The summed E-state index contributed by atoms with van der Waals surface area (Å²) in [4.78, 5) is 22.7. The Labute approximate surface area is 152 Å². The fourth-order valence-electron chi connectivity index (χ4n) is 2.83. The van der Waals surface area contributed by atoms with Crippen LogP contribution in [0.4, 0.5) is 10.5 Å². The predicted octanol–water partition coefficient (Wildman–Crippen LogP) is 3.82. The summed E-state index contributed by atoms with van der Waals surface area (Å²) in [5.74, 6) is 1.31. The number of ether oxygens (including phenoxy) is 1. The predicted molar refractivity (Wildman–Crippen MR) is 97.2 cm³/mol. The molecule has 6 nitrogen and oxygen atoms in total. The Morgan fingerprint density at radius 3 is 2.52 bits per heavy atom. The van der Waals surface area contributed by atoms with Gasteiger partial charge in [-0.1, -0.05) is 11.6 Å². The monoisotopic (exact) mass is 360 g/mol. The maximum Gasteiger partial charge on any atom is 0.321 e. The molecule has 0 atom stereocenters. The molecule has 0 bridgehead atoms. The molecule has 0 spiro atoms. The number of rotatable bonds is 3. The number of anilines is 1. The van der Waals surface area contributed by atoms with Crippen molar-refractivity contribution in [1.29, 1.82) is 0 Å². The lowest BCUT2D eigenvalue weighted by atomic mass is 10.1. The lowest BCUT2D eigenvalue weighted by molar-refractivity contribution is 0.111. The number of benzene rings is 1. The van der Waals surface area contributed by atoms with Gasteiger partial charge in [-0.25, -0.2) is 9.78 Å². The van der Waals surface area contributed by atoms with Gasteiger partial charge in [-0.3, -0.25) is 0 Å². The van der Waals surface area contributed by atoms with Crippen molar-refractivity contribution >= 4 is 23.3 Å². The van der Waals surface area contributed by atoms with Crippen molar-refractivity contribution in [2.75, 3.05) is 18.4 Å². The highest BCUT2D eigenvalue weighted by Gasteiger charge is 2.24. The highest BCUT2D eigenvalue weighted by molar-refractivity contribution is 6.30. The summed E-state index contributed by atoms with van der Waals surface area (Å²) in [6.45, 7) is 5.06. The van der Waals surface area contributed by atoms with Gasteiger partial charge in [0.15, 0.2) is 0 Å². The van der Waals surface area contributed by atoms with E-state index in [0.29, 0.717) is 29.8 Å². The maximum absolute atomic E-state index is 12.3. The molecular formula is C18H21ClN4O2. The van der Waals surface area contributed by atoms with Gasteiger partial charge in [-0.2, -0.15) is 4.98 Å². The highest BCUT2D eigenvalue weighted by atomic mass is 35.5. The quantitative estimate of drug-likeness (QED) is 0.903. The number of piperidine rings is 1. The minimum absolute atomic E-state index is 0.0632. The van der Waals surface area contributed by atoms with E-state index in [-0.39, 0.29) is 12.1 Å². The van der Waals surface area contributed by atoms with Crippen molar-refractivity contribution in [1.82, 2.24) is 14.9 Å². The van der Waals surface area contributed by atoms with Crippen molar-refractivity contribution in [3.05, 3.63) is 46.9 Å². The average molecular weight is 361 g/mol. The van der Waals surface area contributed by atoms with Gasteiger partial charge < -0.3 is 15.0 Å². The number of aryl methyl sites for hydroxylation is 2. The number of carbonyl (C=O) groups is 1. The van der Waals surface area contributed by atoms with Crippen molar-refractivity contribution < 1.29 is 9.53 Å². The van der Waals surface area contributed by atoms with E-state index in [0.717, 1.165) is 24.2 Å². The molecule has 132 valence electrons. The average Bonchev–Trinajstić information content (AvgIpc) is 2.56. The van der Waals surface area contributed by atoms with Gasteiger partial charge in [0.05, 0.1) is 0 Å². The first-order valence-corrected chi connectivity index (χ1v) is 8.68. The molecule has 2 amide bonds. The van der Waals surface area contributed by atoms with E-state index in [1.807, 2.05) is 19.9 Å². The Morgan fingerprint density at radius 1 is 1.20 bits per heavy atom. The van der Waals surface area contributed by atoms with Crippen LogP contribution < -0.4 is 10.1 Å². The van der Waals surface area contributed by atoms with E-state index >= 15 is 0 Å². The summed E-state index contributed by atoms with van der Waals surface area (Å²) in [7, 11) is 0. The normalized spacial score (nSPS) is 15.1. The zero-order chi connectivity index (χ0) is 17.8. The van der Waals surface area contributed by atoms with Gasteiger partial charge in [0, 0.05) is 48.4 Å². The summed E-state index contributed by atoms with van der Waals surface area (Å²) in [6, 6.07) is 8.82. The molecule has 7 heteroatoms. The van der Waals surface area contributed by atoms with Crippen LogP contribution in [0.3, 0.4) is 0 Å². The summed E-state index contributed by atoms with van der Waals surface area (Å²) in [6.07, 6.45) is 1.61. The third-order valence-electron chi connectivity index (χ3n) is 4.05. The summed E-state index contributed by atoms with van der Waals surface area (Å²) >= 11 is 5.85. The number of nitrogens with zero attached hydrogens (tertiary/aromatic N) is 3. The largest absolute Gasteiger partial charge is 0.474 e. The number of halogens is 1. The third kappa shape index (κ3) is 4.82. The Balaban J connectivity index is 1.51. The number of aromatic nitrogens is 2. The standard InChI is InChI=1S/C18H21ClN4O2/c1-12-11-17(21-13(2)20-12)25-16-7-9-23(10-8-16)18(24)22-15-5-3-14(19)4-6-15/h3-6,11,16H,7-10H2,1-2H3,(H,22,24). The Kier molecular flexibility index (Phi) is 5.38. The SMILES string of the molecule is Cc1cc(OC2CCN(C(=O)Nc3ccc(Cl)cc3)CC2)nc(C)n1. The molecule has 0 unspecified atom stereocenters. The van der Waals surface area contributed by atoms with E-state index in [9.17, 15) is 4.79 Å². The molecule has 25 heavy (non-hydrogen) atoms. The molecule has 2 aromatic rings. The number of hydrogen-bond acceptors (Lipinski definition) is 4. The molecule has 0 saturated carbocycles. The minimum atomic E-state index is -0.102. The van der Waals surface area contributed by atoms with Gasteiger partial charge >= 0.3 is 6.03 Å². The third-order valence-corrected chi connectivity index (χ3v) is 4.31. The van der Waals surface area contributed by atoms with Gasteiger partial charge in [0.25, 0.3) is 0 Å². The van der Waals surface area contributed by atoms with Crippen LogP contribution in [-0.4, -0.2) is 40.1 Å². The van der Waals surface area contributed by atoms with Crippen molar-refractivity contribution in [3.8, 4) is 5.88 Å². The van der Waals surface area contributed by atoms with Gasteiger partial charge in [-0.15, -0.1) is 0 Å². The Morgan fingerprint density at radius 2 is 1.88 bits per heavy atom. The topological polar surface area (TPSA) is 67.3 Å². The lowest BCUT2D eigenvalue weighted by Crippen LogP contribution is -2.43. The fraction of sp³-hybridized carbons (Fsp3) is 0.389. The number of urea groups is 1. The van der Waals surface area contributed by atoms with Crippen LogP contribution >= 0.6 is 11.6 Å². The summed E-state index contributed by atoms with van der Waals surface area (Å²) < 4.78 is 5.95. The first kappa shape index (κ1) is 17.5. The first-order chi connectivity index (χ1) is 12.0. The molecule has 0 radical (unpaired) electrons. The van der Waals surface area contributed by atoms with Crippen LogP contribution in [-0.2, 0) is 0 Å². The molecule has 1 fully saturated rings. The molecule has 2 heterocycles. The minimum Gasteiger partial charge on any atom is -0.474 e. The van der Waals surface area contributed by atoms with E-state index in [1.165, 1.54) is 0 Å². The van der Waals surface area contributed by atoms with Crippen LogP contribution in [0, 0.1) is 13.8 Å². The molecular weight excluding hydrogens is 340 g/mol. The lowest BCUT2D eigenvalue weighted by Gasteiger charge is -2.32. The number of carbonyl (C=O) groups excluding carboxylic acids is 1. The van der Waals surface area contributed by atoms with E-state index < -0.39 is 0 Å². The van der Waals surface area contributed by atoms with Crippen LogP contribution in [0.5, 0.6) is 5.88 Å².